The molecule has 7 nitrogen and oxygen atoms in total. The molecule has 0 aromatic heterocycles. The van der Waals surface area contributed by atoms with Gasteiger partial charge in [0.2, 0.25) is 5.91 Å². The number of ether oxygens (including phenoxy) is 1. The second kappa shape index (κ2) is 11.4. The topological polar surface area (TPSA) is 95.9 Å². The van der Waals surface area contributed by atoms with Crippen LogP contribution in [0.15, 0.2) is 48.5 Å². The smallest absolute Gasteiger partial charge is 0.408 e. The largest absolute Gasteiger partial charge is 0.480 e. The van der Waals surface area contributed by atoms with Gasteiger partial charge in [0.1, 0.15) is 17.7 Å². The van der Waals surface area contributed by atoms with Gasteiger partial charge in [-0.3, -0.25) is 4.79 Å². The minimum Gasteiger partial charge on any atom is -0.480 e. The van der Waals surface area contributed by atoms with Crippen molar-refractivity contribution in [3.63, 3.8) is 0 Å². The van der Waals surface area contributed by atoms with E-state index in [0.717, 1.165) is 10.5 Å². The van der Waals surface area contributed by atoms with E-state index < -0.39 is 35.7 Å². The van der Waals surface area contributed by atoms with Gasteiger partial charge >= 0.3 is 12.1 Å². The van der Waals surface area contributed by atoms with Crippen LogP contribution < -0.4 is 5.32 Å². The number of alkyl carbamates (subject to hydrolysis) is 1. The number of hydrogen-bond acceptors (Lipinski definition) is 4. The van der Waals surface area contributed by atoms with Crippen molar-refractivity contribution in [2.75, 3.05) is 7.05 Å². The first-order valence-electron chi connectivity index (χ1n) is 10.3. The van der Waals surface area contributed by atoms with Crippen LogP contribution in [-0.2, 0) is 27.2 Å². The fraction of sp³-hybridized carbons (Fsp3) is 0.375. The van der Waals surface area contributed by atoms with Crippen molar-refractivity contribution < 1.29 is 24.2 Å². The SMILES string of the molecule is CN(C(=O)[C@H](Cc1ccc(Cl)cc1)NC(=O)OC(C)(C)C)[C@@H](Cc1ccc(Cl)cc1)C(=O)O. The van der Waals surface area contributed by atoms with E-state index in [1.807, 2.05) is 0 Å². The number of aliphatic carboxylic acids is 1. The number of likely N-dealkylation sites (N-methyl/N-ethyl adjacent to an activating group) is 1. The van der Waals surface area contributed by atoms with Crippen LogP contribution in [0.25, 0.3) is 0 Å². The van der Waals surface area contributed by atoms with Crippen LogP contribution in [-0.4, -0.2) is 52.7 Å². The lowest BCUT2D eigenvalue weighted by Gasteiger charge is -2.30. The molecular weight excluding hydrogens is 467 g/mol. The Balaban J connectivity index is 2.26. The van der Waals surface area contributed by atoms with Crippen molar-refractivity contribution in [2.45, 2.75) is 51.3 Å². The minimum absolute atomic E-state index is 0.0782. The van der Waals surface area contributed by atoms with Crippen molar-refractivity contribution in [1.29, 1.82) is 0 Å². The van der Waals surface area contributed by atoms with Gasteiger partial charge in [-0.05, 0) is 56.2 Å². The lowest BCUT2D eigenvalue weighted by molar-refractivity contribution is -0.149. The maximum absolute atomic E-state index is 13.4. The molecule has 0 heterocycles. The predicted octanol–water partition coefficient (Wildman–Crippen LogP) is 4.58. The Hall–Kier alpha value is -2.77. The third-order valence-electron chi connectivity index (χ3n) is 4.78. The summed E-state index contributed by atoms with van der Waals surface area (Å²) in [6.45, 7) is 5.13. The van der Waals surface area contributed by atoms with Crippen LogP contribution in [0.2, 0.25) is 10.0 Å². The monoisotopic (exact) mass is 494 g/mol. The molecule has 2 rings (SSSR count). The third-order valence-corrected chi connectivity index (χ3v) is 5.29. The van der Waals surface area contributed by atoms with E-state index in [9.17, 15) is 19.5 Å². The zero-order valence-corrected chi connectivity index (χ0v) is 20.5. The number of carboxylic acids is 1. The number of rotatable bonds is 8. The summed E-state index contributed by atoms with van der Waals surface area (Å²) in [5.74, 6) is -1.72. The number of carbonyl (C=O) groups is 3. The lowest BCUT2D eigenvalue weighted by Crippen LogP contribution is -2.54. The molecule has 0 aliphatic heterocycles. The van der Waals surface area contributed by atoms with Gasteiger partial charge in [-0.15, -0.1) is 0 Å². The Bertz CT molecular complexity index is 972. The van der Waals surface area contributed by atoms with Gasteiger partial charge in [0.15, 0.2) is 0 Å². The summed E-state index contributed by atoms with van der Waals surface area (Å²) < 4.78 is 5.30. The van der Waals surface area contributed by atoms with Crippen molar-refractivity contribution >= 4 is 41.2 Å². The van der Waals surface area contributed by atoms with Crippen LogP contribution >= 0.6 is 23.2 Å². The average molecular weight is 495 g/mol. The highest BCUT2D eigenvalue weighted by atomic mass is 35.5. The number of hydrogen-bond donors (Lipinski definition) is 2. The van der Waals surface area contributed by atoms with Gasteiger partial charge in [0.05, 0.1) is 0 Å². The molecule has 2 aromatic rings. The maximum atomic E-state index is 13.4. The van der Waals surface area contributed by atoms with Crippen molar-refractivity contribution in [2.24, 2.45) is 0 Å². The van der Waals surface area contributed by atoms with E-state index in [4.69, 9.17) is 27.9 Å². The van der Waals surface area contributed by atoms with Gasteiger partial charge in [-0.1, -0.05) is 47.5 Å². The molecule has 0 unspecified atom stereocenters. The third kappa shape index (κ3) is 8.59. The molecule has 0 aliphatic carbocycles. The van der Waals surface area contributed by atoms with E-state index >= 15 is 0 Å². The second-order valence-electron chi connectivity index (χ2n) is 8.66. The van der Waals surface area contributed by atoms with Gasteiger partial charge in [0.25, 0.3) is 0 Å². The van der Waals surface area contributed by atoms with E-state index in [2.05, 4.69) is 5.32 Å². The molecule has 178 valence electrons. The molecule has 9 heteroatoms. The van der Waals surface area contributed by atoms with Gasteiger partial charge < -0.3 is 20.1 Å². The molecule has 0 bridgehead atoms. The van der Waals surface area contributed by atoms with Gasteiger partial charge in [-0.25, -0.2) is 9.59 Å². The Kier molecular flexibility index (Phi) is 9.14. The van der Waals surface area contributed by atoms with E-state index in [1.54, 1.807) is 69.3 Å². The quantitative estimate of drug-likeness (QED) is 0.559. The van der Waals surface area contributed by atoms with Gasteiger partial charge in [0, 0.05) is 29.9 Å². The van der Waals surface area contributed by atoms with Crippen molar-refractivity contribution in [3.05, 3.63) is 69.7 Å². The molecule has 2 aromatic carbocycles. The maximum Gasteiger partial charge on any atom is 0.408 e. The first-order valence-corrected chi connectivity index (χ1v) is 11.1. The van der Waals surface area contributed by atoms with Crippen LogP contribution in [0, 0.1) is 0 Å². The number of carboxylic acid groups (broad SMARTS) is 1. The molecule has 0 fully saturated rings. The molecule has 0 spiro atoms. The molecule has 0 saturated carbocycles. The highest BCUT2D eigenvalue weighted by molar-refractivity contribution is 6.30. The van der Waals surface area contributed by atoms with Crippen molar-refractivity contribution in [1.82, 2.24) is 10.2 Å². The molecule has 0 aliphatic rings. The summed E-state index contributed by atoms with van der Waals surface area (Å²) in [5, 5.41) is 13.4. The standard InChI is InChI=1S/C24H28Cl2N2O5/c1-24(2,3)33-23(32)27-19(13-15-5-9-17(25)10-6-15)21(29)28(4)20(22(30)31)14-16-7-11-18(26)12-8-16/h5-12,19-20H,13-14H2,1-4H3,(H,27,32)(H,30,31)/t19-,20-/m0/s1. The normalized spacial score (nSPS) is 13.0. The number of halogens is 2. The summed E-state index contributed by atoms with van der Waals surface area (Å²) in [6, 6.07) is 11.4. The Morgan fingerprint density at radius 1 is 0.939 bits per heavy atom. The molecule has 2 N–H and O–H groups in total. The Morgan fingerprint density at radius 3 is 1.82 bits per heavy atom. The van der Waals surface area contributed by atoms with Crippen LogP contribution in [0.3, 0.4) is 0 Å². The number of amides is 2. The fourth-order valence-corrected chi connectivity index (χ4v) is 3.39. The summed E-state index contributed by atoms with van der Waals surface area (Å²) in [6.07, 6.45) is -0.561. The summed E-state index contributed by atoms with van der Waals surface area (Å²) >= 11 is 11.8. The number of nitrogens with zero attached hydrogens (tertiary/aromatic N) is 1. The molecule has 0 radical (unpaired) electrons. The fourth-order valence-electron chi connectivity index (χ4n) is 3.14. The minimum atomic E-state index is -1.16. The summed E-state index contributed by atoms with van der Waals surface area (Å²) in [5.41, 5.74) is 0.690. The van der Waals surface area contributed by atoms with Crippen LogP contribution in [0.5, 0.6) is 0 Å². The molecule has 2 amide bonds. The van der Waals surface area contributed by atoms with Crippen molar-refractivity contribution in [3.8, 4) is 0 Å². The van der Waals surface area contributed by atoms with Gasteiger partial charge in [-0.2, -0.15) is 0 Å². The predicted molar refractivity (Wildman–Crippen MR) is 128 cm³/mol. The number of benzene rings is 2. The number of nitrogens with one attached hydrogen (secondary N) is 1. The summed E-state index contributed by atoms with van der Waals surface area (Å²) in [7, 11) is 1.41. The molecular formula is C24H28Cl2N2O5. The highest BCUT2D eigenvalue weighted by Gasteiger charge is 2.33. The number of carbonyl (C=O) groups excluding carboxylic acids is 2. The lowest BCUT2D eigenvalue weighted by atomic mass is 10.0. The van der Waals surface area contributed by atoms with E-state index in [0.29, 0.717) is 15.6 Å². The molecule has 0 saturated heterocycles. The summed E-state index contributed by atoms with van der Waals surface area (Å²) in [4.78, 5) is 38.9. The van der Waals surface area contributed by atoms with Crippen LogP contribution in [0.4, 0.5) is 4.79 Å². The molecule has 2 atom stereocenters. The van der Waals surface area contributed by atoms with Crippen LogP contribution in [0.1, 0.15) is 31.9 Å². The zero-order chi connectivity index (χ0) is 24.8. The second-order valence-corrected chi connectivity index (χ2v) is 9.54. The Labute approximate surface area is 203 Å². The van der Waals surface area contributed by atoms with E-state index in [1.165, 1.54) is 7.05 Å². The highest BCUT2D eigenvalue weighted by Crippen LogP contribution is 2.17. The molecule has 33 heavy (non-hydrogen) atoms. The first kappa shape index (κ1) is 26.5. The Morgan fingerprint density at radius 2 is 1.39 bits per heavy atom. The zero-order valence-electron chi connectivity index (χ0n) is 19.0. The first-order chi connectivity index (χ1) is 15.4. The average Bonchev–Trinajstić information content (AvgIpc) is 2.71. The van der Waals surface area contributed by atoms with E-state index in [-0.39, 0.29) is 12.8 Å².